The first-order valence-electron chi connectivity index (χ1n) is 9.09. The number of amides is 1. The molecular formula is C21H23N3OS. The molecule has 0 saturated heterocycles. The van der Waals surface area contributed by atoms with Gasteiger partial charge < -0.3 is 5.32 Å². The Bertz CT molecular complexity index is 887. The van der Waals surface area contributed by atoms with E-state index in [2.05, 4.69) is 40.6 Å². The number of nitrogens with zero attached hydrogens (tertiary/aromatic N) is 2. The fourth-order valence-corrected chi connectivity index (χ4v) is 4.71. The zero-order valence-electron chi connectivity index (χ0n) is 14.9. The van der Waals surface area contributed by atoms with Crippen molar-refractivity contribution in [2.45, 2.75) is 31.8 Å². The zero-order valence-corrected chi connectivity index (χ0v) is 15.8. The van der Waals surface area contributed by atoms with Crippen LogP contribution in [0.1, 0.15) is 35.0 Å². The Morgan fingerprint density at radius 2 is 2.04 bits per heavy atom. The number of likely N-dealkylation sites (N-methyl/N-ethyl adjacent to an activating group) is 1. The van der Waals surface area contributed by atoms with Gasteiger partial charge in [0, 0.05) is 0 Å². The van der Waals surface area contributed by atoms with Crippen molar-refractivity contribution in [3.63, 3.8) is 0 Å². The molecule has 3 aromatic rings. The Balaban J connectivity index is 1.36. The van der Waals surface area contributed by atoms with Gasteiger partial charge in [0.15, 0.2) is 0 Å². The minimum Gasteiger partial charge on any atom is -0.348 e. The van der Waals surface area contributed by atoms with E-state index in [1.807, 2.05) is 30.1 Å². The standard InChI is InChI=1S/C21H23N3OS/c1-24(14-21-23-18-10-4-5-12-19(18)26-21)13-20(25)22-17-11-6-8-15-7-2-3-9-16(15)17/h2-5,7,9-10,12,17H,6,8,11,13-14H2,1H3,(H,22,25)/t17-/m0/s1. The van der Waals surface area contributed by atoms with Gasteiger partial charge in [-0.3, -0.25) is 9.69 Å². The summed E-state index contributed by atoms with van der Waals surface area (Å²) in [6.07, 6.45) is 3.26. The first-order chi connectivity index (χ1) is 12.7. The molecule has 0 spiro atoms. The zero-order chi connectivity index (χ0) is 17.9. The van der Waals surface area contributed by atoms with Crippen molar-refractivity contribution in [2.24, 2.45) is 0 Å². The molecular weight excluding hydrogens is 342 g/mol. The van der Waals surface area contributed by atoms with Crippen LogP contribution >= 0.6 is 11.3 Å². The Hall–Kier alpha value is -2.24. The van der Waals surface area contributed by atoms with Crippen molar-refractivity contribution >= 4 is 27.5 Å². The largest absolute Gasteiger partial charge is 0.348 e. The summed E-state index contributed by atoms with van der Waals surface area (Å²) >= 11 is 1.69. The summed E-state index contributed by atoms with van der Waals surface area (Å²) in [4.78, 5) is 19.2. The van der Waals surface area contributed by atoms with Crippen LogP contribution < -0.4 is 5.32 Å². The van der Waals surface area contributed by atoms with Crippen molar-refractivity contribution in [1.29, 1.82) is 0 Å². The van der Waals surface area contributed by atoms with Crippen LogP contribution in [0, 0.1) is 0 Å². The van der Waals surface area contributed by atoms with Gasteiger partial charge in [0.05, 0.1) is 29.3 Å². The molecule has 1 aliphatic rings. The van der Waals surface area contributed by atoms with E-state index in [-0.39, 0.29) is 11.9 Å². The molecule has 1 aromatic heterocycles. The number of fused-ring (bicyclic) bond motifs is 2. The highest BCUT2D eigenvalue weighted by atomic mass is 32.1. The van der Waals surface area contributed by atoms with E-state index < -0.39 is 0 Å². The molecule has 0 unspecified atom stereocenters. The van der Waals surface area contributed by atoms with Gasteiger partial charge in [0.2, 0.25) is 5.91 Å². The summed E-state index contributed by atoms with van der Waals surface area (Å²) in [5, 5.41) is 4.27. The molecule has 134 valence electrons. The van der Waals surface area contributed by atoms with Crippen LogP contribution in [0.3, 0.4) is 0 Å². The lowest BCUT2D eigenvalue weighted by Crippen LogP contribution is -2.38. The number of carbonyl (C=O) groups excluding carboxylic acids is 1. The third-order valence-electron chi connectivity index (χ3n) is 4.86. The number of aromatic nitrogens is 1. The quantitative estimate of drug-likeness (QED) is 0.745. The summed E-state index contributed by atoms with van der Waals surface area (Å²) < 4.78 is 1.19. The lowest BCUT2D eigenvalue weighted by Gasteiger charge is -2.27. The monoisotopic (exact) mass is 365 g/mol. The fraction of sp³-hybridized carbons (Fsp3) is 0.333. The van der Waals surface area contributed by atoms with Crippen molar-refractivity contribution in [3.8, 4) is 0 Å². The summed E-state index contributed by atoms with van der Waals surface area (Å²) in [6.45, 7) is 1.07. The Morgan fingerprint density at radius 1 is 1.23 bits per heavy atom. The summed E-state index contributed by atoms with van der Waals surface area (Å²) in [5.41, 5.74) is 3.68. The van der Waals surface area contributed by atoms with Gasteiger partial charge in [-0.1, -0.05) is 36.4 Å². The number of hydrogen-bond donors (Lipinski definition) is 1. The average molecular weight is 366 g/mol. The first-order valence-corrected chi connectivity index (χ1v) is 9.91. The molecule has 1 aliphatic carbocycles. The first kappa shape index (κ1) is 17.2. The van der Waals surface area contributed by atoms with Crippen molar-refractivity contribution < 1.29 is 4.79 Å². The predicted molar refractivity (Wildman–Crippen MR) is 106 cm³/mol. The highest BCUT2D eigenvalue weighted by Crippen LogP contribution is 2.29. The van der Waals surface area contributed by atoms with Gasteiger partial charge in [0.1, 0.15) is 5.01 Å². The number of thiazole rings is 1. The Labute approximate surface area is 157 Å². The third-order valence-corrected chi connectivity index (χ3v) is 5.88. The van der Waals surface area contributed by atoms with Crippen LogP contribution in [0.15, 0.2) is 48.5 Å². The maximum Gasteiger partial charge on any atom is 0.234 e. The number of aryl methyl sites for hydroxylation is 1. The summed E-state index contributed by atoms with van der Waals surface area (Å²) in [5.74, 6) is 0.0790. The van der Waals surface area contributed by atoms with Crippen LogP contribution in [-0.2, 0) is 17.8 Å². The SMILES string of the molecule is CN(CC(=O)N[C@H]1CCCc2ccccc21)Cc1nc2ccccc2s1. The molecule has 0 radical (unpaired) electrons. The van der Waals surface area contributed by atoms with Crippen molar-refractivity contribution in [2.75, 3.05) is 13.6 Å². The van der Waals surface area contributed by atoms with Crippen LogP contribution in [0.25, 0.3) is 10.2 Å². The van der Waals surface area contributed by atoms with E-state index in [1.54, 1.807) is 11.3 Å². The highest BCUT2D eigenvalue weighted by Gasteiger charge is 2.21. The second kappa shape index (κ2) is 7.56. The molecule has 1 N–H and O–H groups in total. The summed E-state index contributed by atoms with van der Waals surface area (Å²) in [6, 6.07) is 16.7. The molecule has 0 bridgehead atoms. The molecule has 5 heteroatoms. The van der Waals surface area contributed by atoms with Crippen LogP contribution in [0.4, 0.5) is 0 Å². The third kappa shape index (κ3) is 3.79. The van der Waals surface area contributed by atoms with E-state index in [0.717, 1.165) is 29.8 Å². The molecule has 1 amide bonds. The Kier molecular flexibility index (Phi) is 5.00. The lowest BCUT2D eigenvalue weighted by molar-refractivity contribution is -0.122. The molecule has 1 heterocycles. The van der Waals surface area contributed by atoms with Gasteiger partial charge in [-0.25, -0.2) is 4.98 Å². The van der Waals surface area contributed by atoms with Gasteiger partial charge in [0.25, 0.3) is 0 Å². The minimum atomic E-state index is 0.0790. The van der Waals surface area contributed by atoms with E-state index in [0.29, 0.717) is 13.1 Å². The maximum atomic E-state index is 12.5. The molecule has 26 heavy (non-hydrogen) atoms. The van der Waals surface area contributed by atoms with Gasteiger partial charge >= 0.3 is 0 Å². The molecule has 1 atom stereocenters. The number of para-hydroxylation sites is 1. The topological polar surface area (TPSA) is 45.2 Å². The highest BCUT2D eigenvalue weighted by molar-refractivity contribution is 7.18. The van der Waals surface area contributed by atoms with E-state index >= 15 is 0 Å². The minimum absolute atomic E-state index is 0.0790. The van der Waals surface area contributed by atoms with Crippen LogP contribution in [0.5, 0.6) is 0 Å². The number of nitrogens with one attached hydrogen (secondary N) is 1. The van der Waals surface area contributed by atoms with Crippen LogP contribution in [0.2, 0.25) is 0 Å². The van der Waals surface area contributed by atoms with E-state index in [4.69, 9.17) is 0 Å². The normalized spacial score (nSPS) is 16.6. The van der Waals surface area contributed by atoms with Gasteiger partial charge in [-0.15, -0.1) is 11.3 Å². The second-order valence-corrected chi connectivity index (χ2v) is 8.07. The van der Waals surface area contributed by atoms with Crippen molar-refractivity contribution in [3.05, 3.63) is 64.7 Å². The molecule has 0 aliphatic heterocycles. The number of benzene rings is 2. The molecule has 0 fully saturated rings. The molecule has 4 nitrogen and oxygen atoms in total. The molecule has 4 rings (SSSR count). The fourth-order valence-electron chi connectivity index (χ4n) is 3.66. The lowest BCUT2D eigenvalue weighted by atomic mass is 9.88. The van der Waals surface area contributed by atoms with Gasteiger partial charge in [-0.2, -0.15) is 0 Å². The number of rotatable bonds is 5. The molecule has 0 saturated carbocycles. The molecule has 2 aromatic carbocycles. The van der Waals surface area contributed by atoms with E-state index in [1.165, 1.54) is 15.8 Å². The smallest absolute Gasteiger partial charge is 0.234 e. The van der Waals surface area contributed by atoms with Gasteiger partial charge in [-0.05, 0) is 49.6 Å². The average Bonchev–Trinajstić information content (AvgIpc) is 3.04. The maximum absolute atomic E-state index is 12.5. The van der Waals surface area contributed by atoms with E-state index in [9.17, 15) is 4.79 Å². The second-order valence-electron chi connectivity index (χ2n) is 6.96. The Morgan fingerprint density at radius 3 is 2.92 bits per heavy atom. The van der Waals surface area contributed by atoms with Crippen LogP contribution in [-0.4, -0.2) is 29.4 Å². The number of carbonyl (C=O) groups is 1. The summed E-state index contributed by atoms with van der Waals surface area (Å²) in [7, 11) is 1.97. The number of hydrogen-bond acceptors (Lipinski definition) is 4. The predicted octanol–water partition coefficient (Wildman–Crippen LogP) is 3.92. The van der Waals surface area contributed by atoms with Crippen molar-refractivity contribution in [1.82, 2.24) is 15.2 Å².